The second-order valence-electron chi connectivity index (χ2n) is 4.11. The van der Waals surface area contributed by atoms with E-state index < -0.39 is 5.92 Å². The van der Waals surface area contributed by atoms with Crippen LogP contribution in [0.2, 0.25) is 0 Å². The smallest absolute Gasteiger partial charge is 0.358 e. The van der Waals surface area contributed by atoms with Crippen LogP contribution in [-0.4, -0.2) is 5.92 Å². The molecule has 0 saturated heterocycles. The molecule has 0 aliphatic heterocycles. The van der Waals surface area contributed by atoms with Gasteiger partial charge >= 0.3 is 51.4 Å². The van der Waals surface area contributed by atoms with E-state index in [4.69, 9.17) is 0 Å². The summed E-state index contributed by atoms with van der Waals surface area (Å²) < 4.78 is 24.8. The molecule has 3 heteroatoms. The van der Waals surface area contributed by atoms with Gasteiger partial charge in [-0.1, -0.05) is 32.1 Å². The van der Waals surface area contributed by atoms with Crippen molar-refractivity contribution in [3.8, 4) is 0 Å². The third-order valence-corrected chi connectivity index (χ3v) is 2.70. The van der Waals surface area contributed by atoms with Crippen molar-refractivity contribution < 1.29 is 60.2 Å². The molecule has 0 spiro atoms. The maximum absolute atomic E-state index is 12.4. The summed E-state index contributed by atoms with van der Waals surface area (Å²) in [6.45, 7) is 1.02. The molecule has 1 saturated carbocycles. The minimum Gasteiger partial charge on any atom is -0.358 e. The van der Waals surface area contributed by atoms with Gasteiger partial charge in [-0.25, -0.2) is 8.78 Å². The van der Waals surface area contributed by atoms with Crippen molar-refractivity contribution in [2.45, 2.75) is 57.8 Å². The zero-order valence-electron chi connectivity index (χ0n) is 9.78. The van der Waals surface area contributed by atoms with Crippen molar-refractivity contribution in [1.82, 2.24) is 0 Å². The minimum atomic E-state index is -2.45. The largest absolute Gasteiger partial charge is 1.00 e. The van der Waals surface area contributed by atoms with Crippen molar-refractivity contribution in [1.29, 1.82) is 0 Å². The monoisotopic (exact) mass is 230 g/mol. The number of hydrogen-bond acceptors (Lipinski definition) is 0. The molecule has 14 heavy (non-hydrogen) atoms. The van der Waals surface area contributed by atoms with Crippen LogP contribution in [0.15, 0.2) is 0 Å². The van der Waals surface area contributed by atoms with Gasteiger partial charge in [-0.15, -0.1) is 0 Å². The maximum atomic E-state index is 12.4. The molecule has 0 bridgehead atoms. The Morgan fingerprint density at radius 3 is 2.14 bits per heavy atom. The van der Waals surface area contributed by atoms with E-state index in [1.165, 1.54) is 25.7 Å². The third kappa shape index (κ3) is 8.78. The van der Waals surface area contributed by atoms with E-state index in [1.807, 2.05) is 0 Å². The van der Waals surface area contributed by atoms with Crippen molar-refractivity contribution in [2.75, 3.05) is 0 Å². The van der Waals surface area contributed by atoms with Crippen LogP contribution < -0.4 is 51.4 Å². The van der Waals surface area contributed by atoms with E-state index >= 15 is 0 Å². The Morgan fingerprint density at radius 1 is 1.21 bits per heavy atom. The average molecular weight is 230 g/mol. The quantitative estimate of drug-likeness (QED) is 0.507. The summed E-state index contributed by atoms with van der Waals surface area (Å²) in [5.74, 6) is -1.69. The summed E-state index contributed by atoms with van der Waals surface area (Å²) in [5, 5.41) is 0. The molecule has 1 fully saturated rings. The van der Waals surface area contributed by atoms with Crippen LogP contribution in [0, 0.1) is 13.3 Å². The van der Waals surface area contributed by atoms with Crippen LogP contribution >= 0.6 is 0 Å². The Bertz CT molecular complexity index is 126. The molecule has 1 rings (SSSR count). The standard InChI is InChI=1S/C10H18F2.CH3.K/c1-10(11,12)8-4-7-9-5-2-3-6-9;;/h9H,2-8H2,1H3;1H3;/q;-1;+1. The fourth-order valence-electron chi connectivity index (χ4n) is 2.00. The molecule has 80 valence electrons. The topological polar surface area (TPSA) is 0 Å². The average Bonchev–Trinajstić information content (AvgIpc) is 2.36. The molecule has 0 amide bonds. The van der Waals surface area contributed by atoms with Gasteiger partial charge in [0.1, 0.15) is 0 Å². The van der Waals surface area contributed by atoms with Gasteiger partial charge < -0.3 is 7.43 Å². The first kappa shape index (κ1) is 17.9. The first-order chi connectivity index (χ1) is 5.58. The molecule has 0 unspecified atom stereocenters. The van der Waals surface area contributed by atoms with Crippen molar-refractivity contribution in [3.05, 3.63) is 7.43 Å². The normalized spacial score (nSPS) is 17.4. The van der Waals surface area contributed by atoms with Crippen LogP contribution in [0.4, 0.5) is 8.78 Å². The van der Waals surface area contributed by atoms with Crippen LogP contribution in [0.5, 0.6) is 0 Å². The van der Waals surface area contributed by atoms with Gasteiger partial charge in [0.2, 0.25) is 5.92 Å². The molecule has 0 N–H and O–H groups in total. The molecule has 0 aromatic carbocycles. The predicted molar refractivity (Wildman–Crippen MR) is 52.8 cm³/mol. The Hall–Kier alpha value is 1.50. The third-order valence-electron chi connectivity index (χ3n) is 2.70. The first-order valence-electron chi connectivity index (χ1n) is 4.96. The van der Waals surface area contributed by atoms with Crippen molar-refractivity contribution >= 4 is 0 Å². The van der Waals surface area contributed by atoms with Crippen LogP contribution in [-0.2, 0) is 0 Å². The van der Waals surface area contributed by atoms with Gasteiger partial charge in [-0.05, 0) is 19.3 Å². The number of halogens is 2. The molecule has 0 aromatic rings. The van der Waals surface area contributed by atoms with E-state index in [0.717, 1.165) is 19.3 Å². The Morgan fingerprint density at radius 2 is 1.71 bits per heavy atom. The molecular weight excluding hydrogens is 209 g/mol. The fraction of sp³-hybridized carbons (Fsp3) is 0.909. The van der Waals surface area contributed by atoms with Gasteiger partial charge in [0, 0.05) is 6.42 Å². The van der Waals surface area contributed by atoms with E-state index in [9.17, 15) is 8.78 Å². The molecule has 0 nitrogen and oxygen atoms in total. The molecule has 1 aliphatic rings. The van der Waals surface area contributed by atoms with Crippen molar-refractivity contribution in [3.63, 3.8) is 0 Å². The van der Waals surface area contributed by atoms with E-state index in [1.54, 1.807) is 0 Å². The second kappa shape index (κ2) is 8.63. The fourth-order valence-corrected chi connectivity index (χ4v) is 2.00. The Kier molecular flexibility index (Phi) is 11.0. The van der Waals surface area contributed by atoms with E-state index in [0.29, 0.717) is 6.42 Å². The van der Waals surface area contributed by atoms with E-state index in [2.05, 4.69) is 0 Å². The van der Waals surface area contributed by atoms with E-state index in [-0.39, 0.29) is 65.2 Å². The summed E-state index contributed by atoms with van der Waals surface area (Å²) in [7, 11) is 0. The van der Waals surface area contributed by atoms with Crippen LogP contribution in [0.3, 0.4) is 0 Å². The Balaban J connectivity index is 0. The number of rotatable bonds is 4. The second-order valence-corrected chi connectivity index (χ2v) is 4.11. The molecule has 0 heterocycles. The zero-order valence-corrected chi connectivity index (χ0v) is 12.9. The molecule has 0 radical (unpaired) electrons. The van der Waals surface area contributed by atoms with Crippen LogP contribution in [0.25, 0.3) is 0 Å². The minimum absolute atomic E-state index is 0. The zero-order chi connectivity index (χ0) is 9.03. The van der Waals surface area contributed by atoms with Crippen LogP contribution in [0.1, 0.15) is 51.9 Å². The summed E-state index contributed by atoms with van der Waals surface area (Å²) in [6.07, 6.45) is 6.96. The van der Waals surface area contributed by atoms with Gasteiger partial charge in [0.05, 0.1) is 0 Å². The van der Waals surface area contributed by atoms with Gasteiger partial charge in [0.25, 0.3) is 0 Å². The molecule has 0 atom stereocenters. The summed E-state index contributed by atoms with van der Waals surface area (Å²) >= 11 is 0. The van der Waals surface area contributed by atoms with Crippen molar-refractivity contribution in [2.24, 2.45) is 5.92 Å². The van der Waals surface area contributed by atoms with Gasteiger partial charge in [-0.2, -0.15) is 0 Å². The maximum Gasteiger partial charge on any atom is 1.00 e. The summed E-state index contributed by atoms with van der Waals surface area (Å²) in [5.41, 5.74) is 0. The molecule has 1 aliphatic carbocycles. The molecular formula is C11H21F2K. The SMILES string of the molecule is CC(F)(F)CCCC1CCCC1.[CH3-].[K+]. The predicted octanol–water partition coefficient (Wildman–Crippen LogP) is 1.46. The molecule has 0 aromatic heterocycles. The summed E-state index contributed by atoms with van der Waals surface area (Å²) in [6, 6.07) is 0. The number of alkyl halides is 2. The number of hydrogen-bond donors (Lipinski definition) is 0. The first-order valence-corrected chi connectivity index (χ1v) is 4.96. The van der Waals surface area contributed by atoms with Gasteiger partial charge in [-0.3, -0.25) is 0 Å². The summed E-state index contributed by atoms with van der Waals surface area (Å²) in [4.78, 5) is 0. The Labute approximate surface area is 130 Å². The van der Waals surface area contributed by atoms with Gasteiger partial charge in [0.15, 0.2) is 0 Å².